The number of benzene rings is 2. The molecule has 3 aromatic rings. The Hall–Kier alpha value is -3.21. The Balaban J connectivity index is 1.71. The maximum absolute atomic E-state index is 12.7. The van der Waals surface area contributed by atoms with Crippen LogP contribution in [0.4, 0.5) is 5.69 Å². The molecule has 5 nitrogen and oxygen atoms in total. The number of anilines is 1. The Morgan fingerprint density at radius 1 is 0.923 bits per heavy atom. The fraction of sp³-hybridized carbons (Fsp3) is 0.190. The number of hydrogen-bond acceptors (Lipinski definition) is 3. The lowest BCUT2D eigenvalue weighted by atomic mass is 9.90. The van der Waals surface area contributed by atoms with Crippen molar-refractivity contribution in [2.75, 3.05) is 5.32 Å². The number of aromatic nitrogens is 1. The van der Waals surface area contributed by atoms with E-state index in [0.29, 0.717) is 17.7 Å². The number of carbonyl (C=O) groups is 2. The summed E-state index contributed by atoms with van der Waals surface area (Å²) in [6.45, 7) is 3.61. The molecule has 1 aromatic heterocycles. The van der Waals surface area contributed by atoms with Crippen molar-refractivity contribution in [3.05, 3.63) is 72.4 Å². The molecule has 2 amide bonds. The van der Waals surface area contributed by atoms with Crippen molar-refractivity contribution in [2.45, 2.75) is 20.4 Å². The van der Waals surface area contributed by atoms with Gasteiger partial charge in [-0.2, -0.15) is 0 Å². The first-order chi connectivity index (χ1) is 12.5. The summed E-state index contributed by atoms with van der Waals surface area (Å²) in [6, 6.07) is 18.9. The van der Waals surface area contributed by atoms with E-state index in [-0.39, 0.29) is 11.8 Å². The number of rotatable bonds is 5. The van der Waals surface area contributed by atoms with Crippen LogP contribution in [0.15, 0.2) is 66.9 Å². The Bertz CT molecular complexity index is 931. The predicted octanol–water partition coefficient (Wildman–Crippen LogP) is 3.52. The number of para-hydroxylation sites is 1. The Kier molecular flexibility index (Phi) is 4.98. The monoisotopic (exact) mass is 347 g/mol. The molecule has 0 saturated carbocycles. The normalized spacial score (nSPS) is 11.2. The van der Waals surface area contributed by atoms with E-state index in [1.165, 1.54) is 0 Å². The number of amides is 2. The third-order valence-electron chi connectivity index (χ3n) is 4.31. The molecule has 0 spiro atoms. The molecule has 0 aliphatic carbocycles. The molecule has 3 rings (SSSR count). The molecule has 132 valence electrons. The van der Waals surface area contributed by atoms with Crippen LogP contribution in [-0.4, -0.2) is 16.8 Å². The van der Waals surface area contributed by atoms with E-state index >= 15 is 0 Å². The minimum absolute atomic E-state index is 0.327. The van der Waals surface area contributed by atoms with Gasteiger partial charge in [-0.05, 0) is 31.5 Å². The maximum atomic E-state index is 12.7. The number of pyridine rings is 1. The van der Waals surface area contributed by atoms with Crippen molar-refractivity contribution in [3.8, 4) is 0 Å². The molecule has 0 atom stereocenters. The van der Waals surface area contributed by atoms with Gasteiger partial charge in [-0.1, -0.05) is 48.5 Å². The van der Waals surface area contributed by atoms with Crippen LogP contribution in [0, 0.1) is 5.41 Å². The van der Waals surface area contributed by atoms with Crippen molar-refractivity contribution in [1.82, 2.24) is 10.3 Å². The number of fused-ring (bicyclic) bond motifs is 1. The molecule has 26 heavy (non-hydrogen) atoms. The smallest absolute Gasteiger partial charge is 0.239 e. The van der Waals surface area contributed by atoms with Crippen LogP contribution in [-0.2, 0) is 16.1 Å². The van der Waals surface area contributed by atoms with Crippen LogP contribution in [0.25, 0.3) is 10.9 Å². The van der Waals surface area contributed by atoms with Gasteiger partial charge in [-0.3, -0.25) is 14.6 Å². The van der Waals surface area contributed by atoms with E-state index in [1.54, 1.807) is 26.1 Å². The molecule has 1 heterocycles. The fourth-order valence-electron chi connectivity index (χ4n) is 2.59. The van der Waals surface area contributed by atoms with Gasteiger partial charge in [0.2, 0.25) is 11.8 Å². The van der Waals surface area contributed by atoms with Crippen LogP contribution in [0.3, 0.4) is 0 Å². The van der Waals surface area contributed by atoms with Crippen molar-refractivity contribution in [3.63, 3.8) is 0 Å². The summed E-state index contributed by atoms with van der Waals surface area (Å²) in [7, 11) is 0. The second-order valence-corrected chi connectivity index (χ2v) is 6.63. The van der Waals surface area contributed by atoms with Crippen LogP contribution < -0.4 is 10.6 Å². The third kappa shape index (κ3) is 3.72. The summed E-state index contributed by atoms with van der Waals surface area (Å²) in [6.07, 6.45) is 1.68. The highest BCUT2D eigenvalue weighted by Crippen LogP contribution is 2.24. The summed E-state index contributed by atoms with van der Waals surface area (Å²) in [4.78, 5) is 29.6. The molecular formula is C21H21N3O2. The van der Waals surface area contributed by atoms with Gasteiger partial charge in [0.15, 0.2) is 0 Å². The van der Waals surface area contributed by atoms with E-state index in [9.17, 15) is 9.59 Å². The molecule has 0 aliphatic rings. The van der Waals surface area contributed by atoms with E-state index < -0.39 is 5.41 Å². The van der Waals surface area contributed by atoms with Gasteiger partial charge in [-0.25, -0.2) is 0 Å². The highest BCUT2D eigenvalue weighted by Gasteiger charge is 2.36. The summed E-state index contributed by atoms with van der Waals surface area (Å²) in [5.74, 6) is -0.701. The molecule has 0 aliphatic heterocycles. The summed E-state index contributed by atoms with van der Waals surface area (Å²) < 4.78 is 0. The molecule has 2 aromatic carbocycles. The lowest BCUT2D eigenvalue weighted by Gasteiger charge is -2.23. The van der Waals surface area contributed by atoms with Gasteiger partial charge in [0, 0.05) is 18.1 Å². The van der Waals surface area contributed by atoms with Crippen molar-refractivity contribution in [1.29, 1.82) is 0 Å². The Labute approximate surface area is 152 Å². The second-order valence-electron chi connectivity index (χ2n) is 6.63. The number of nitrogens with one attached hydrogen (secondary N) is 2. The molecule has 0 fully saturated rings. The largest absolute Gasteiger partial charge is 0.351 e. The Morgan fingerprint density at radius 3 is 2.42 bits per heavy atom. The SMILES string of the molecule is CC(C)(C(=O)NCc1ccccc1)C(=O)Nc1cccc2cccnc12. The van der Waals surface area contributed by atoms with E-state index in [4.69, 9.17) is 0 Å². The highest BCUT2D eigenvalue weighted by atomic mass is 16.2. The standard InChI is InChI=1S/C21H21N3O2/c1-21(2,19(25)23-14-15-8-4-3-5-9-15)20(26)24-17-12-6-10-16-11-7-13-22-18(16)17/h3-13H,14H2,1-2H3,(H,23,25)(H,24,26). The van der Waals surface area contributed by atoms with Gasteiger partial charge in [0.1, 0.15) is 5.41 Å². The lowest BCUT2D eigenvalue weighted by Crippen LogP contribution is -2.44. The average Bonchev–Trinajstić information content (AvgIpc) is 2.67. The van der Waals surface area contributed by atoms with Crippen LogP contribution in [0.5, 0.6) is 0 Å². The molecule has 0 bridgehead atoms. The van der Waals surface area contributed by atoms with Crippen LogP contribution >= 0.6 is 0 Å². The van der Waals surface area contributed by atoms with E-state index in [1.807, 2.05) is 54.6 Å². The van der Waals surface area contributed by atoms with Gasteiger partial charge < -0.3 is 10.6 Å². The van der Waals surface area contributed by atoms with Crippen molar-refractivity contribution >= 4 is 28.4 Å². The molecule has 2 N–H and O–H groups in total. The van der Waals surface area contributed by atoms with Crippen LogP contribution in [0.2, 0.25) is 0 Å². The highest BCUT2D eigenvalue weighted by molar-refractivity contribution is 6.12. The number of hydrogen-bond donors (Lipinski definition) is 2. The molecule has 0 radical (unpaired) electrons. The number of nitrogens with zero attached hydrogens (tertiary/aromatic N) is 1. The first-order valence-corrected chi connectivity index (χ1v) is 8.46. The Morgan fingerprint density at radius 2 is 1.65 bits per heavy atom. The van der Waals surface area contributed by atoms with E-state index in [0.717, 1.165) is 10.9 Å². The zero-order valence-corrected chi connectivity index (χ0v) is 14.8. The zero-order valence-electron chi connectivity index (χ0n) is 14.8. The van der Waals surface area contributed by atoms with Gasteiger partial charge >= 0.3 is 0 Å². The molecule has 5 heteroatoms. The van der Waals surface area contributed by atoms with E-state index in [2.05, 4.69) is 15.6 Å². The predicted molar refractivity (Wildman–Crippen MR) is 102 cm³/mol. The summed E-state index contributed by atoms with van der Waals surface area (Å²) in [5.41, 5.74) is 1.06. The second kappa shape index (κ2) is 7.35. The van der Waals surface area contributed by atoms with Gasteiger partial charge in [-0.15, -0.1) is 0 Å². The van der Waals surface area contributed by atoms with Crippen molar-refractivity contribution in [2.24, 2.45) is 5.41 Å². The average molecular weight is 347 g/mol. The molecule has 0 saturated heterocycles. The third-order valence-corrected chi connectivity index (χ3v) is 4.31. The minimum atomic E-state index is -1.22. The van der Waals surface area contributed by atoms with Gasteiger partial charge in [0.25, 0.3) is 0 Å². The quantitative estimate of drug-likeness (QED) is 0.694. The molecular weight excluding hydrogens is 326 g/mol. The first kappa shape index (κ1) is 17.6. The zero-order chi connectivity index (χ0) is 18.6. The van der Waals surface area contributed by atoms with Crippen molar-refractivity contribution < 1.29 is 9.59 Å². The van der Waals surface area contributed by atoms with Crippen LogP contribution in [0.1, 0.15) is 19.4 Å². The molecule has 0 unspecified atom stereocenters. The maximum Gasteiger partial charge on any atom is 0.239 e. The summed E-state index contributed by atoms with van der Waals surface area (Å²) in [5, 5.41) is 6.60. The topological polar surface area (TPSA) is 71.1 Å². The first-order valence-electron chi connectivity index (χ1n) is 8.46. The number of carbonyl (C=O) groups excluding carboxylic acids is 2. The minimum Gasteiger partial charge on any atom is -0.351 e. The fourth-order valence-corrected chi connectivity index (χ4v) is 2.59. The lowest BCUT2D eigenvalue weighted by molar-refractivity contribution is -0.138. The van der Waals surface area contributed by atoms with Gasteiger partial charge in [0.05, 0.1) is 11.2 Å². The summed E-state index contributed by atoms with van der Waals surface area (Å²) >= 11 is 0.